The van der Waals surface area contributed by atoms with Crippen LogP contribution in [0.3, 0.4) is 0 Å². The summed E-state index contributed by atoms with van der Waals surface area (Å²) in [5.41, 5.74) is 8.07. The molecule has 3 aromatic carbocycles. The van der Waals surface area contributed by atoms with Crippen LogP contribution in [0.5, 0.6) is 0 Å². The van der Waals surface area contributed by atoms with E-state index < -0.39 is 0 Å². The summed E-state index contributed by atoms with van der Waals surface area (Å²) < 4.78 is 0. The van der Waals surface area contributed by atoms with Gasteiger partial charge in [-0.15, -0.1) is 5.73 Å². The van der Waals surface area contributed by atoms with Gasteiger partial charge < -0.3 is 0 Å². The third-order valence-corrected chi connectivity index (χ3v) is 3.33. The van der Waals surface area contributed by atoms with Crippen molar-refractivity contribution in [3.63, 3.8) is 0 Å². The third-order valence-electron chi connectivity index (χ3n) is 3.33. The molecule has 0 atom stereocenters. The molecule has 0 aliphatic carbocycles. The zero-order valence-electron chi connectivity index (χ0n) is 11.7. The number of benzene rings is 3. The molecule has 0 aliphatic heterocycles. The maximum Gasteiger partial charge on any atom is -0.0101 e. The van der Waals surface area contributed by atoms with Gasteiger partial charge in [-0.2, -0.15) is 0 Å². The van der Waals surface area contributed by atoms with Crippen molar-refractivity contribution in [3.8, 4) is 11.1 Å². The molecule has 0 aromatic heterocycles. The Morgan fingerprint density at radius 3 is 1.95 bits per heavy atom. The largest absolute Gasteiger partial charge is 0.120 e. The molecule has 21 heavy (non-hydrogen) atoms. The van der Waals surface area contributed by atoms with Gasteiger partial charge in [0, 0.05) is 0 Å². The summed E-state index contributed by atoms with van der Waals surface area (Å²) in [6.45, 7) is 0. The highest BCUT2D eigenvalue weighted by molar-refractivity contribution is 5.75. The summed E-state index contributed by atoms with van der Waals surface area (Å²) in [6, 6.07) is 29.1. The lowest BCUT2D eigenvalue weighted by atomic mass is 10.00. The molecule has 0 bridgehead atoms. The Bertz CT molecular complexity index is 761. The van der Waals surface area contributed by atoms with Crippen molar-refractivity contribution in [2.75, 3.05) is 0 Å². The zero-order valence-corrected chi connectivity index (χ0v) is 11.7. The average Bonchev–Trinajstić information content (AvgIpc) is 2.57. The second-order valence-corrected chi connectivity index (χ2v) is 4.82. The van der Waals surface area contributed by atoms with Crippen LogP contribution in [0.15, 0.2) is 90.7 Å². The third kappa shape index (κ3) is 3.39. The average molecular weight is 268 g/mol. The summed E-state index contributed by atoms with van der Waals surface area (Å²) in [4.78, 5) is 0. The topological polar surface area (TPSA) is 0 Å². The highest BCUT2D eigenvalue weighted by Crippen LogP contribution is 2.24. The molecule has 0 aliphatic rings. The van der Waals surface area contributed by atoms with Crippen molar-refractivity contribution in [3.05, 3.63) is 102 Å². The van der Waals surface area contributed by atoms with Gasteiger partial charge in [0.05, 0.1) is 0 Å². The normalized spacial score (nSPS) is 9.71. The molecule has 0 radical (unpaired) electrons. The lowest BCUT2D eigenvalue weighted by Gasteiger charge is -2.04. The fourth-order valence-electron chi connectivity index (χ4n) is 2.28. The highest BCUT2D eigenvalue weighted by atomic mass is 14.0. The monoisotopic (exact) mass is 268 g/mol. The molecule has 0 unspecified atom stereocenters. The highest BCUT2D eigenvalue weighted by Gasteiger charge is 2.00. The lowest BCUT2D eigenvalue weighted by molar-refractivity contribution is 1.59. The molecule has 0 saturated carbocycles. The minimum absolute atomic E-state index is 1.16. The van der Waals surface area contributed by atoms with E-state index in [0.717, 1.165) is 5.56 Å². The maximum absolute atomic E-state index is 3.28. The SMILES string of the molecule is C(=Cc1ccccc1)=Cc1ccccc1-c1ccccc1. The Kier molecular flexibility index (Phi) is 4.12. The fourth-order valence-corrected chi connectivity index (χ4v) is 2.28. The number of hydrogen-bond donors (Lipinski definition) is 0. The van der Waals surface area contributed by atoms with Crippen LogP contribution < -0.4 is 0 Å². The van der Waals surface area contributed by atoms with Gasteiger partial charge in [-0.1, -0.05) is 84.9 Å². The minimum Gasteiger partial charge on any atom is -0.120 e. The first-order valence-corrected chi connectivity index (χ1v) is 7.05. The van der Waals surface area contributed by atoms with Gasteiger partial charge in [0.15, 0.2) is 0 Å². The van der Waals surface area contributed by atoms with E-state index in [9.17, 15) is 0 Å². The fraction of sp³-hybridized carbons (Fsp3) is 0. The van der Waals surface area contributed by atoms with Crippen molar-refractivity contribution >= 4 is 12.2 Å². The van der Waals surface area contributed by atoms with Gasteiger partial charge in [0.1, 0.15) is 0 Å². The van der Waals surface area contributed by atoms with Crippen LogP contribution in [0.1, 0.15) is 11.1 Å². The predicted molar refractivity (Wildman–Crippen MR) is 90.8 cm³/mol. The van der Waals surface area contributed by atoms with Crippen LogP contribution in [-0.2, 0) is 0 Å². The molecule has 0 heteroatoms. The van der Waals surface area contributed by atoms with Crippen molar-refractivity contribution in [2.24, 2.45) is 0 Å². The molecule has 0 N–H and O–H groups in total. The quantitative estimate of drug-likeness (QED) is 0.536. The number of hydrogen-bond acceptors (Lipinski definition) is 0. The van der Waals surface area contributed by atoms with Crippen LogP contribution in [0.4, 0.5) is 0 Å². The van der Waals surface area contributed by atoms with E-state index in [1.54, 1.807) is 0 Å². The molecule has 0 nitrogen and oxygen atoms in total. The molecule has 0 amide bonds. The summed E-state index contributed by atoms with van der Waals surface area (Å²) in [5, 5.41) is 0. The first-order chi connectivity index (χ1) is 10.4. The van der Waals surface area contributed by atoms with Crippen molar-refractivity contribution in [1.29, 1.82) is 0 Å². The lowest BCUT2D eigenvalue weighted by Crippen LogP contribution is -1.81. The van der Waals surface area contributed by atoms with Gasteiger partial charge in [0.25, 0.3) is 0 Å². The van der Waals surface area contributed by atoms with E-state index in [2.05, 4.69) is 66.4 Å². The van der Waals surface area contributed by atoms with E-state index >= 15 is 0 Å². The second-order valence-electron chi connectivity index (χ2n) is 4.82. The second kappa shape index (κ2) is 6.56. The minimum atomic E-state index is 1.16. The van der Waals surface area contributed by atoms with Gasteiger partial charge in [-0.25, -0.2) is 0 Å². The molecule has 0 saturated heterocycles. The molecule has 0 heterocycles. The van der Waals surface area contributed by atoms with Crippen LogP contribution >= 0.6 is 0 Å². The first-order valence-electron chi connectivity index (χ1n) is 7.05. The summed E-state index contributed by atoms with van der Waals surface area (Å²) >= 11 is 0. The van der Waals surface area contributed by atoms with Crippen molar-refractivity contribution in [2.45, 2.75) is 0 Å². The molecule has 0 spiro atoms. The molecule has 100 valence electrons. The van der Waals surface area contributed by atoms with Crippen LogP contribution in [-0.4, -0.2) is 0 Å². The first kappa shape index (κ1) is 13.2. The van der Waals surface area contributed by atoms with Crippen molar-refractivity contribution < 1.29 is 0 Å². The molecule has 3 aromatic rings. The Balaban J connectivity index is 1.95. The summed E-state index contributed by atoms with van der Waals surface area (Å²) in [7, 11) is 0. The molecular weight excluding hydrogens is 252 g/mol. The smallest absolute Gasteiger partial charge is 0.0101 e. The van der Waals surface area contributed by atoms with Crippen molar-refractivity contribution in [1.82, 2.24) is 0 Å². The van der Waals surface area contributed by atoms with Crippen LogP contribution in [0, 0.1) is 0 Å². The predicted octanol–water partition coefficient (Wildman–Crippen LogP) is 5.68. The molecular formula is C21H16. The van der Waals surface area contributed by atoms with Gasteiger partial charge >= 0.3 is 0 Å². The van der Waals surface area contributed by atoms with Crippen LogP contribution in [0.25, 0.3) is 23.3 Å². The zero-order chi connectivity index (χ0) is 14.3. The Labute approximate surface area is 125 Å². The van der Waals surface area contributed by atoms with Gasteiger partial charge in [-0.3, -0.25) is 0 Å². The summed E-state index contributed by atoms with van der Waals surface area (Å²) in [5.74, 6) is 0. The summed E-state index contributed by atoms with van der Waals surface area (Å²) in [6.07, 6.45) is 4.04. The van der Waals surface area contributed by atoms with Gasteiger partial charge in [-0.05, 0) is 34.4 Å². The van der Waals surface area contributed by atoms with Gasteiger partial charge in [0.2, 0.25) is 0 Å². The van der Waals surface area contributed by atoms with E-state index in [-0.39, 0.29) is 0 Å². The number of rotatable bonds is 3. The van der Waals surface area contributed by atoms with E-state index in [0.29, 0.717) is 0 Å². The standard InChI is InChI=1S/C21H16/c1-3-10-18(11-4-1)12-9-16-20-15-7-8-17-21(20)19-13-5-2-6-14-19/h1-8,10-17H. The van der Waals surface area contributed by atoms with Crippen LogP contribution in [0.2, 0.25) is 0 Å². The van der Waals surface area contributed by atoms with E-state index in [1.807, 2.05) is 36.4 Å². The van der Waals surface area contributed by atoms with E-state index in [4.69, 9.17) is 0 Å². The van der Waals surface area contributed by atoms with E-state index in [1.165, 1.54) is 16.7 Å². The Hall–Kier alpha value is -2.82. The Morgan fingerprint density at radius 2 is 1.19 bits per heavy atom. The maximum atomic E-state index is 3.28. The molecule has 0 fully saturated rings. The molecule has 3 rings (SSSR count). The Morgan fingerprint density at radius 1 is 0.571 bits per heavy atom.